The predicted octanol–water partition coefficient (Wildman–Crippen LogP) is 2.14. The van der Waals surface area contributed by atoms with Gasteiger partial charge >= 0.3 is 5.97 Å². The van der Waals surface area contributed by atoms with Gasteiger partial charge in [-0.3, -0.25) is 4.68 Å². The zero-order chi connectivity index (χ0) is 11.0. The van der Waals surface area contributed by atoms with Crippen LogP contribution in [0.4, 0.5) is 0 Å². The van der Waals surface area contributed by atoms with Gasteiger partial charge in [0, 0.05) is 7.05 Å². The molecule has 0 atom stereocenters. The van der Waals surface area contributed by atoms with Crippen molar-refractivity contribution in [2.45, 2.75) is 0 Å². The maximum atomic E-state index is 10.9. The summed E-state index contributed by atoms with van der Waals surface area (Å²) in [6.45, 7) is 0. The first-order valence-electron chi connectivity index (χ1n) is 4.10. The van der Waals surface area contributed by atoms with E-state index in [2.05, 4.69) is 21.0 Å². The number of carbonyl (C=O) groups is 1. The van der Waals surface area contributed by atoms with Gasteiger partial charge in [-0.1, -0.05) is 0 Å². The third-order valence-electron chi connectivity index (χ3n) is 1.98. The fourth-order valence-electron chi connectivity index (χ4n) is 1.33. The van der Waals surface area contributed by atoms with Crippen LogP contribution >= 0.6 is 15.9 Å². The highest BCUT2D eigenvalue weighted by molar-refractivity contribution is 9.10. The second-order valence-electron chi connectivity index (χ2n) is 2.94. The van der Waals surface area contributed by atoms with E-state index in [1.807, 2.05) is 0 Å². The number of aromatic carboxylic acids is 1. The van der Waals surface area contributed by atoms with E-state index < -0.39 is 5.97 Å². The van der Waals surface area contributed by atoms with Crippen LogP contribution in [0.2, 0.25) is 0 Å². The number of aromatic nitrogens is 2. The smallest absolute Gasteiger partial charge is 0.339 e. The predicted molar refractivity (Wildman–Crippen MR) is 55.6 cm³/mol. The summed E-state index contributed by atoms with van der Waals surface area (Å²) in [7, 11) is 1.66. The zero-order valence-corrected chi connectivity index (χ0v) is 9.35. The van der Waals surface area contributed by atoms with E-state index in [4.69, 9.17) is 9.52 Å². The SMILES string of the molecule is Cn1ncc(C(=O)O)c1-c1ccc(Br)o1. The van der Waals surface area contributed by atoms with Gasteiger partial charge in [-0.15, -0.1) is 0 Å². The van der Waals surface area contributed by atoms with Crippen LogP contribution in [-0.2, 0) is 7.05 Å². The van der Waals surface area contributed by atoms with Crippen LogP contribution in [0.1, 0.15) is 10.4 Å². The number of nitrogens with zero attached hydrogens (tertiary/aromatic N) is 2. The summed E-state index contributed by atoms with van der Waals surface area (Å²) < 4.78 is 7.31. The number of halogens is 1. The molecule has 2 heterocycles. The van der Waals surface area contributed by atoms with Crippen molar-refractivity contribution in [1.82, 2.24) is 9.78 Å². The first-order chi connectivity index (χ1) is 7.09. The van der Waals surface area contributed by atoms with Crippen molar-refractivity contribution in [3.63, 3.8) is 0 Å². The lowest BCUT2D eigenvalue weighted by atomic mass is 10.2. The molecular weight excluding hydrogens is 264 g/mol. The first kappa shape index (κ1) is 9.97. The molecule has 0 saturated heterocycles. The lowest BCUT2D eigenvalue weighted by Crippen LogP contribution is -1.99. The summed E-state index contributed by atoms with van der Waals surface area (Å²) in [6.07, 6.45) is 1.30. The Labute approximate surface area is 93.4 Å². The van der Waals surface area contributed by atoms with Crippen molar-refractivity contribution in [3.05, 3.63) is 28.6 Å². The lowest BCUT2D eigenvalue weighted by molar-refractivity contribution is 0.0697. The van der Waals surface area contributed by atoms with E-state index >= 15 is 0 Å². The molecule has 0 radical (unpaired) electrons. The van der Waals surface area contributed by atoms with Gasteiger partial charge in [0.2, 0.25) is 0 Å². The summed E-state index contributed by atoms with van der Waals surface area (Å²) in [6, 6.07) is 3.39. The topological polar surface area (TPSA) is 68.3 Å². The van der Waals surface area contributed by atoms with Crippen molar-refractivity contribution < 1.29 is 14.3 Å². The molecule has 0 aliphatic carbocycles. The fourth-order valence-corrected chi connectivity index (χ4v) is 1.63. The molecule has 5 nitrogen and oxygen atoms in total. The number of carboxylic acids is 1. The molecule has 0 aromatic carbocycles. The average molecular weight is 271 g/mol. The Hall–Kier alpha value is -1.56. The van der Waals surface area contributed by atoms with E-state index in [-0.39, 0.29) is 5.56 Å². The van der Waals surface area contributed by atoms with Crippen molar-refractivity contribution in [2.24, 2.45) is 7.05 Å². The Morgan fingerprint density at radius 1 is 1.60 bits per heavy atom. The molecule has 0 saturated carbocycles. The molecule has 2 rings (SSSR count). The standard InChI is InChI=1S/C9H7BrN2O3/c1-12-8(5(4-11-12)9(13)14)6-2-3-7(10)15-6/h2-4H,1H3,(H,13,14). The Balaban J connectivity index is 2.60. The highest BCUT2D eigenvalue weighted by atomic mass is 79.9. The average Bonchev–Trinajstić information content (AvgIpc) is 2.71. The maximum absolute atomic E-state index is 10.9. The van der Waals surface area contributed by atoms with Gasteiger partial charge < -0.3 is 9.52 Å². The molecule has 78 valence electrons. The van der Waals surface area contributed by atoms with Crippen molar-refractivity contribution >= 4 is 21.9 Å². The molecule has 0 amide bonds. The molecule has 15 heavy (non-hydrogen) atoms. The minimum Gasteiger partial charge on any atom is -0.478 e. The molecular formula is C9H7BrN2O3. The van der Waals surface area contributed by atoms with E-state index in [0.29, 0.717) is 16.1 Å². The Kier molecular flexibility index (Phi) is 2.36. The molecule has 2 aromatic rings. The number of furan rings is 1. The molecule has 0 spiro atoms. The highest BCUT2D eigenvalue weighted by Gasteiger charge is 2.19. The van der Waals surface area contributed by atoms with Crippen LogP contribution in [0.3, 0.4) is 0 Å². The zero-order valence-electron chi connectivity index (χ0n) is 7.77. The third-order valence-corrected chi connectivity index (χ3v) is 2.40. The van der Waals surface area contributed by atoms with Crippen molar-refractivity contribution in [3.8, 4) is 11.5 Å². The van der Waals surface area contributed by atoms with Crippen molar-refractivity contribution in [1.29, 1.82) is 0 Å². The van der Waals surface area contributed by atoms with E-state index in [1.54, 1.807) is 19.2 Å². The Morgan fingerprint density at radius 2 is 2.33 bits per heavy atom. The van der Waals surface area contributed by atoms with Gasteiger partial charge in [0.1, 0.15) is 11.3 Å². The largest absolute Gasteiger partial charge is 0.478 e. The molecule has 0 aliphatic heterocycles. The second kappa shape index (κ2) is 3.54. The molecule has 1 N–H and O–H groups in total. The normalized spacial score (nSPS) is 10.5. The lowest BCUT2D eigenvalue weighted by Gasteiger charge is -1.99. The molecule has 2 aromatic heterocycles. The quantitative estimate of drug-likeness (QED) is 0.908. The fraction of sp³-hybridized carbons (Fsp3) is 0.111. The summed E-state index contributed by atoms with van der Waals surface area (Å²) in [4.78, 5) is 10.9. The van der Waals surface area contributed by atoms with Crippen LogP contribution in [-0.4, -0.2) is 20.9 Å². The summed E-state index contributed by atoms with van der Waals surface area (Å²) in [5, 5.41) is 12.8. The minimum atomic E-state index is -1.02. The Bertz CT molecular complexity index is 515. The maximum Gasteiger partial charge on any atom is 0.339 e. The van der Waals surface area contributed by atoms with E-state index in [1.165, 1.54) is 10.9 Å². The summed E-state index contributed by atoms with van der Waals surface area (Å²) in [5.74, 6) is -0.551. The molecule has 0 aliphatic rings. The van der Waals surface area contributed by atoms with E-state index in [0.717, 1.165) is 0 Å². The van der Waals surface area contributed by atoms with Gasteiger partial charge in [0.05, 0.1) is 6.20 Å². The summed E-state index contributed by atoms with van der Waals surface area (Å²) >= 11 is 3.16. The summed E-state index contributed by atoms with van der Waals surface area (Å²) in [5.41, 5.74) is 0.576. The first-order valence-corrected chi connectivity index (χ1v) is 4.90. The second-order valence-corrected chi connectivity index (χ2v) is 3.72. The van der Waals surface area contributed by atoms with Crippen molar-refractivity contribution in [2.75, 3.05) is 0 Å². The monoisotopic (exact) mass is 270 g/mol. The van der Waals surface area contributed by atoms with Crippen LogP contribution < -0.4 is 0 Å². The Morgan fingerprint density at radius 3 is 2.87 bits per heavy atom. The van der Waals surface area contributed by atoms with Crippen LogP contribution in [0.5, 0.6) is 0 Å². The number of aryl methyl sites for hydroxylation is 1. The van der Waals surface area contributed by atoms with Gasteiger partial charge in [0.15, 0.2) is 10.4 Å². The van der Waals surface area contributed by atoms with Crippen LogP contribution in [0, 0.1) is 0 Å². The molecule has 0 fully saturated rings. The number of carboxylic acid groups (broad SMARTS) is 1. The number of hydrogen-bond donors (Lipinski definition) is 1. The third kappa shape index (κ3) is 1.68. The molecule has 0 unspecified atom stereocenters. The molecule has 6 heteroatoms. The molecule has 0 bridgehead atoms. The van der Waals surface area contributed by atoms with Gasteiger partial charge in [-0.05, 0) is 28.1 Å². The van der Waals surface area contributed by atoms with Gasteiger partial charge in [-0.25, -0.2) is 4.79 Å². The number of rotatable bonds is 2. The minimum absolute atomic E-state index is 0.124. The van der Waals surface area contributed by atoms with Gasteiger partial charge in [0.25, 0.3) is 0 Å². The van der Waals surface area contributed by atoms with Gasteiger partial charge in [-0.2, -0.15) is 5.10 Å². The number of hydrogen-bond acceptors (Lipinski definition) is 3. The van der Waals surface area contributed by atoms with Crippen LogP contribution in [0.25, 0.3) is 11.5 Å². The highest BCUT2D eigenvalue weighted by Crippen LogP contribution is 2.27. The van der Waals surface area contributed by atoms with E-state index in [9.17, 15) is 4.79 Å². The van der Waals surface area contributed by atoms with Crippen LogP contribution in [0.15, 0.2) is 27.4 Å².